The fraction of sp³-hybridized carbons (Fsp3) is 0.0667. The van der Waals surface area contributed by atoms with Crippen molar-refractivity contribution in [3.8, 4) is 0 Å². The molecule has 3 aromatic rings. The van der Waals surface area contributed by atoms with Crippen LogP contribution in [0.25, 0.3) is 10.1 Å². The normalized spacial score (nSPS) is 12.8. The molecule has 3 rings (SSSR count). The van der Waals surface area contributed by atoms with E-state index in [0.717, 1.165) is 16.5 Å². The molecular weight excluding hydrogens is 281 g/mol. The van der Waals surface area contributed by atoms with Gasteiger partial charge in [0.25, 0.3) is 0 Å². The highest BCUT2D eigenvalue weighted by Gasteiger charge is 2.15. The maximum absolute atomic E-state index is 13.2. The van der Waals surface area contributed by atoms with Crippen molar-refractivity contribution in [2.75, 3.05) is 0 Å². The zero-order chi connectivity index (χ0) is 13.4. The maximum Gasteiger partial charge on any atom is 0.141 e. The van der Waals surface area contributed by atoms with Crippen molar-refractivity contribution in [3.63, 3.8) is 0 Å². The summed E-state index contributed by atoms with van der Waals surface area (Å²) < 4.78 is 14.4. The number of rotatable bonds is 2. The lowest BCUT2D eigenvalue weighted by atomic mass is 9.99. The summed E-state index contributed by atoms with van der Waals surface area (Å²) in [7, 11) is 0. The molecule has 1 unspecified atom stereocenters. The van der Waals surface area contributed by atoms with E-state index in [1.807, 2.05) is 23.6 Å². The van der Waals surface area contributed by atoms with Crippen LogP contribution in [0, 0.1) is 5.82 Å². The van der Waals surface area contributed by atoms with E-state index in [9.17, 15) is 4.39 Å². The van der Waals surface area contributed by atoms with Crippen LogP contribution >= 0.6 is 22.9 Å². The Morgan fingerprint density at radius 2 is 1.95 bits per heavy atom. The minimum absolute atomic E-state index is 0.104. The first-order valence-corrected chi connectivity index (χ1v) is 7.09. The molecule has 0 spiro atoms. The van der Waals surface area contributed by atoms with Crippen molar-refractivity contribution in [2.24, 2.45) is 5.73 Å². The van der Waals surface area contributed by atoms with Crippen molar-refractivity contribution in [1.82, 2.24) is 0 Å². The van der Waals surface area contributed by atoms with Crippen LogP contribution in [0.2, 0.25) is 5.02 Å². The molecule has 0 saturated carbocycles. The van der Waals surface area contributed by atoms with Gasteiger partial charge in [-0.2, -0.15) is 0 Å². The van der Waals surface area contributed by atoms with Crippen LogP contribution in [0.15, 0.2) is 47.8 Å². The SMILES string of the molecule is NC(c1ccc(F)c(Cl)c1)c1csc2ccccc12. The molecule has 19 heavy (non-hydrogen) atoms. The minimum atomic E-state index is -0.423. The molecule has 0 amide bonds. The van der Waals surface area contributed by atoms with Crippen molar-refractivity contribution in [1.29, 1.82) is 0 Å². The summed E-state index contributed by atoms with van der Waals surface area (Å²) in [4.78, 5) is 0. The molecule has 0 bridgehead atoms. The Morgan fingerprint density at radius 3 is 2.74 bits per heavy atom. The Hall–Kier alpha value is -1.42. The zero-order valence-electron chi connectivity index (χ0n) is 9.94. The Kier molecular flexibility index (Phi) is 3.27. The monoisotopic (exact) mass is 291 g/mol. The summed E-state index contributed by atoms with van der Waals surface area (Å²) in [5.41, 5.74) is 8.13. The lowest BCUT2D eigenvalue weighted by Gasteiger charge is -2.12. The molecule has 1 nitrogen and oxygen atoms in total. The van der Waals surface area contributed by atoms with E-state index >= 15 is 0 Å². The molecule has 0 aliphatic carbocycles. The van der Waals surface area contributed by atoms with Crippen molar-refractivity contribution < 1.29 is 4.39 Å². The number of benzene rings is 2. The molecule has 96 valence electrons. The van der Waals surface area contributed by atoms with Crippen LogP contribution < -0.4 is 5.73 Å². The molecule has 2 aromatic carbocycles. The molecule has 0 aliphatic rings. The number of halogens is 2. The van der Waals surface area contributed by atoms with Gasteiger partial charge in [-0.15, -0.1) is 11.3 Å². The predicted molar refractivity (Wildman–Crippen MR) is 79.3 cm³/mol. The van der Waals surface area contributed by atoms with Gasteiger partial charge in [-0.25, -0.2) is 4.39 Å². The highest BCUT2D eigenvalue weighted by Crippen LogP contribution is 2.33. The van der Waals surface area contributed by atoms with Crippen LogP contribution in [0.3, 0.4) is 0 Å². The molecule has 0 radical (unpaired) electrons. The fourth-order valence-corrected chi connectivity index (χ4v) is 3.31. The molecule has 0 saturated heterocycles. The second kappa shape index (κ2) is 4.93. The topological polar surface area (TPSA) is 26.0 Å². The van der Waals surface area contributed by atoms with E-state index in [-0.39, 0.29) is 11.1 Å². The van der Waals surface area contributed by atoms with E-state index in [4.69, 9.17) is 17.3 Å². The first kappa shape index (κ1) is 12.6. The molecule has 0 aliphatic heterocycles. The summed E-state index contributed by atoms with van der Waals surface area (Å²) in [6.45, 7) is 0. The van der Waals surface area contributed by atoms with Gasteiger partial charge in [0.2, 0.25) is 0 Å². The number of hydrogen-bond acceptors (Lipinski definition) is 2. The Bertz CT molecular complexity index is 738. The van der Waals surface area contributed by atoms with Gasteiger partial charge in [0.15, 0.2) is 0 Å². The van der Waals surface area contributed by atoms with E-state index in [1.54, 1.807) is 23.5 Å². The van der Waals surface area contributed by atoms with E-state index in [1.165, 1.54) is 10.8 Å². The number of nitrogens with two attached hydrogens (primary N) is 1. The molecule has 0 fully saturated rings. The standard InChI is InChI=1S/C15H11ClFNS/c16-12-7-9(5-6-13(12)17)15(18)11-8-19-14-4-2-1-3-10(11)14/h1-8,15H,18H2. The first-order valence-electron chi connectivity index (χ1n) is 5.83. The molecule has 2 N–H and O–H groups in total. The van der Waals surface area contributed by atoms with Crippen LogP contribution in [0.1, 0.15) is 17.2 Å². The number of thiophene rings is 1. The van der Waals surface area contributed by atoms with Crippen LogP contribution in [0.4, 0.5) is 4.39 Å². The highest BCUT2D eigenvalue weighted by atomic mass is 35.5. The van der Waals surface area contributed by atoms with Crippen LogP contribution in [-0.2, 0) is 0 Å². The summed E-state index contributed by atoms with van der Waals surface area (Å²) in [5, 5.41) is 3.29. The van der Waals surface area contributed by atoms with Crippen LogP contribution in [-0.4, -0.2) is 0 Å². The summed E-state index contributed by atoms with van der Waals surface area (Å²) in [6.07, 6.45) is 0. The quantitative estimate of drug-likeness (QED) is 0.725. The lowest BCUT2D eigenvalue weighted by molar-refractivity contribution is 0.627. The molecule has 1 heterocycles. The molecule has 1 aromatic heterocycles. The largest absolute Gasteiger partial charge is 0.320 e. The van der Waals surface area contributed by atoms with E-state index in [0.29, 0.717) is 0 Å². The average Bonchev–Trinajstić information content (AvgIpc) is 2.85. The van der Waals surface area contributed by atoms with Gasteiger partial charge in [-0.05, 0) is 40.1 Å². The van der Waals surface area contributed by atoms with Crippen molar-refractivity contribution in [3.05, 3.63) is 69.8 Å². The van der Waals surface area contributed by atoms with Gasteiger partial charge < -0.3 is 5.73 Å². The molecular formula is C15H11ClFNS. The van der Waals surface area contributed by atoms with Gasteiger partial charge in [0, 0.05) is 4.70 Å². The Balaban J connectivity index is 2.08. The maximum atomic E-state index is 13.2. The molecule has 1 atom stereocenters. The third kappa shape index (κ3) is 2.25. The second-order valence-corrected chi connectivity index (χ2v) is 5.66. The predicted octanol–water partition coefficient (Wildman–Crippen LogP) is 4.74. The second-order valence-electron chi connectivity index (χ2n) is 4.34. The van der Waals surface area contributed by atoms with Gasteiger partial charge in [-0.1, -0.05) is 35.9 Å². The van der Waals surface area contributed by atoms with Crippen molar-refractivity contribution in [2.45, 2.75) is 6.04 Å². The average molecular weight is 292 g/mol. The lowest BCUT2D eigenvalue weighted by Crippen LogP contribution is -2.11. The number of hydrogen-bond donors (Lipinski definition) is 1. The van der Waals surface area contributed by atoms with Gasteiger partial charge in [0.1, 0.15) is 5.82 Å². The summed E-state index contributed by atoms with van der Waals surface area (Å²) in [5.74, 6) is -0.423. The molecule has 4 heteroatoms. The number of fused-ring (bicyclic) bond motifs is 1. The smallest absolute Gasteiger partial charge is 0.141 e. The highest BCUT2D eigenvalue weighted by molar-refractivity contribution is 7.17. The zero-order valence-corrected chi connectivity index (χ0v) is 11.5. The van der Waals surface area contributed by atoms with Gasteiger partial charge in [-0.3, -0.25) is 0 Å². The Labute approximate surface area is 119 Å². The van der Waals surface area contributed by atoms with Crippen molar-refractivity contribution >= 4 is 33.0 Å². The van der Waals surface area contributed by atoms with E-state index in [2.05, 4.69) is 6.07 Å². The third-order valence-corrected chi connectivity index (χ3v) is 4.42. The summed E-state index contributed by atoms with van der Waals surface area (Å²) >= 11 is 7.47. The first-order chi connectivity index (χ1) is 9.16. The van der Waals surface area contributed by atoms with Gasteiger partial charge >= 0.3 is 0 Å². The Morgan fingerprint density at radius 1 is 1.16 bits per heavy atom. The van der Waals surface area contributed by atoms with Crippen LogP contribution in [0.5, 0.6) is 0 Å². The summed E-state index contributed by atoms with van der Waals surface area (Å²) in [6, 6.07) is 12.4. The van der Waals surface area contributed by atoms with E-state index < -0.39 is 5.82 Å². The minimum Gasteiger partial charge on any atom is -0.320 e. The fourth-order valence-electron chi connectivity index (χ4n) is 2.12. The van der Waals surface area contributed by atoms with Gasteiger partial charge in [0.05, 0.1) is 11.1 Å². The third-order valence-electron chi connectivity index (χ3n) is 3.15.